The lowest BCUT2D eigenvalue weighted by atomic mass is 9.44. The quantitative estimate of drug-likeness (QED) is 0.742. The summed E-state index contributed by atoms with van der Waals surface area (Å²) in [5.41, 5.74) is 12.3. The van der Waals surface area contributed by atoms with Crippen molar-refractivity contribution in [3.8, 4) is 0 Å². The van der Waals surface area contributed by atoms with Crippen molar-refractivity contribution in [1.82, 2.24) is 0 Å². The first kappa shape index (κ1) is 9.90. The van der Waals surface area contributed by atoms with Crippen molar-refractivity contribution in [1.29, 1.82) is 0 Å². The molecule has 0 aromatic rings. The van der Waals surface area contributed by atoms with Crippen molar-refractivity contribution >= 4 is 0 Å². The Morgan fingerprint density at radius 1 is 0.938 bits per heavy atom. The monoisotopic (exact) mass is 220 g/mol. The van der Waals surface area contributed by atoms with Gasteiger partial charge in [-0.25, -0.2) is 0 Å². The molecule has 8 unspecified atom stereocenters. The van der Waals surface area contributed by atoms with Gasteiger partial charge in [0, 0.05) is 12.1 Å². The van der Waals surface area contributed by atoms with Gasteiger partial charge in [-0.3, -0.25) is 0 Å². The lowest BCUT2D eigenvalue weighted by Crippen LogP contribution is -2.60. The van der Waals surface area contributed by atoms with Crippen LogP contribution in [0.3, 0.4) is 0 Å². The highest BCUT2D eigenvalue weighted by atomic mass is 14.9. The first-order chi connectivity index (χ1) is 7.65. The number of fused-ring (bicyclic) bond motifs is 6. The average Bonchev–Trinajstić information content (AvgIpc) is 2.35. The molecule has 0 aromatic heterocycles. The first-order valence-corrected chi connectivity index (χ1v) is 7.14. The smallest absolute Gasteiger partial charge is 0.0284 e. The van der Waals surface area contributed by atoms with E-state index in [9.17, 15) is 0 Å². The Hall–Kier alpha value is -0.0800. The third kappa shape index (κ3) is 0.896. The number of hydrogen-bond donors (Lipinski definition) is 2. The maximum absolute atomic E-state index is 6.50. The molecule has 0 aromatic carbocycles. The van der Waals surface area contributed by atoms with Crippen LogP contribution >= 0.6 is 0 Å². The molecule has 8 atom stereocenters. The predicted octanol–water partition coefficient (Wildman–Crippen LogP) is 1.59. The van der Waals surface area contributed by atoms with Crippen molar-refractivity contribution in [2.75, 3.05) is 6.54 Å². The van der Waals surface area contributed by atoms with E-state index in [1.165, 1.54) is 25.7 Å². The number of hydrogen-bond acceptors (Lipinski definition) is 2. The van der Waals surface area contributed by atoms with Gasteiger partial charge in [-0.15, -0.1) is 0 Å². The summed E-state index contributed by atoms with van der Waals surface area (Å²) in [6.45, 7) is 2.88. The van der Waals surface area contributed by atoms with Crippen LogP contribution in [0.15, 0.2) is 0 Å². The van der Waals surface area contributed by atoms with Crippen LogP contribution < -0.4 is 11.5 Å². The molecule has 0 aliphatic heterocycles. The van der Waals surface area contributed by atoms with E-state index in [-0.39, 0.29) is 5.54 Å². The highest BCUT2D eigenvalue weighted by Gasteiger charge is 2.70. The summed E-state index contributed by atoms with van der Waals surface area (Å²) in [5.74, 6) is 6.94. The van der Waals surface area contributed by atoms with Crippen LogP contribution in [-0.2, 0) is 0 Å². The highest BCUT2D eigenvalue weighted by molar-refractivity contribution is 5.19. The van der Waals surface area contributed by atoms with Crippen LogP contribution in [0.5, 0.6) is 0 Å². The van der Waals surface area contributed by atoms with Crippen LogP contribution in [0.2, 0.25) is 0 Å². The molecule has 0 amide bonds. The molecule has 2 heteroatoms. The molecule has 4 rings (SSSR count). The van der Waals surface area contributed by atoms with Crippen LogP contribution in [0.4, 0.5) is 0 Å². The summed E-state index contributed by atoms with van der Waals surface area (Å²) in [6, 6.07) is 0. The summed E-state index contributed by atoms with van der Waals surface area (Å²) in [7, 11) is 0. The second-order valence-electron chi connectivity index (χ2n) is 7.20. The van der Waals surface area contributed by atoms with Crippen molar-refractivity contribution < 1.29 is 0 Å². The van der Waals surface area contributed by atoms with Gasteiger partial charge in [0.05, 0.1) is 0 Å². The molecular weight excluding hydrogens is 196 g/mol. The van der Waals surface area contributed by atoms with E-state index in [1.54, 1.807) is 0 Å². The zero-order valence-electron chi connectivity index (χ0n) is 10.2. The van der Waals surface area contributed by atoms with E-state index in [4.69, 9.17) is 11.5 Å². The normalized spacial score (nSPS) is 60.6. The molecule has 4 aliphatic rings. The van der Waals surface area contributed by atoms with Gasteiger partial charge in [0.15, 0.2) is 0 Å². The second kappa shape index (κ2) is 2.84. The molecule has 2 nitrogen and oxygen atoms in total. The maximum atomic E-state index is 6.50. The minimum atomic E-state index is -0.0939. The molecule has 4 aliphatic carbocycles. The van der Waals surface area contributed by atoms with Gasteiger partial charge < -0.3 is 11.5 Å². The minimum Gasteiger partial charge on any atom is -0.329 e. The maximum Gasteiger partial charge on any atom is 0.0284 e. The summed E-state index contributed by atoms with van der Waals surface area (Å²) in [6.07, 6.45) is 5.94. The third-order valence-electron chi connectivity index (χ3n) is 6.77. The third-order valence-corrected chi connectivity index (χ3v) is 6.77. The fourth-order valence-corrected chi connectivity index (χ4v) is 5.87. The average molecular weight is 220 g/mol. The van der Waals surface area contributed by atoms with Crippen molar-refractivity contribution in [3.05, 3.63) is 0 Å². The van der Waals surface area contributed by atoms with Gasteiger partial charge in [0.2, 0.25) is 0 Å². The molecule has 16 heavy (non-hydrogen) atoms. The first-order valence-electron chi connectivity index (χ1n) is 7.14. The Balaban J connectivity index is 1.67. The number of nitrogens with two attached hydrogens (primary N) is 2. The summed E-state index contributed by atoms with van der Waals surface area (Å²) in [4.78, 5) is 0. The Morgan fingerprint density at radius 2 is 1.44 bits per heavy atom. The Kier molecular flexibility index (Phi) is 1.76. The Labute approximate surface area is 98.1 Å². The molecule has 4 saturated carbocycles. The summed E-state index contributed by atoms with van der Waals surface area (Å²) in [5, 5.41) is 0. The van der Waals surface area contributed by atoms with Gasteiger partial charge in [-0.05, 0) is 74.0 Å². The van der Waals surface area contributed by atoms with Crippen molar-refractivity contribution in [3.63, 3.8) is 0 Å². The number of rotatable bonds is 2. The fourth-order valence-electron chi connectivity index (χ4n) is 5.87. The second-order valence-corrected chi connectivity index (χ2v) is 7.20. The minimum absolute atomic E-state index is 0.0939. The van der Waals surface area contributed by atoms with Crippen LogP contribution in [-0.4, -0.2) is 12.1 Å². The molecule has 0 bridgehead atoms. The van der Waals surface area contributed by atoms with E-state index in [2.05, 4.69) is 6.92 Å². The van der Waals surface area contributed by atoms with E-state index < -0.39 is 0 Å². The van der Waals surface area contributed by atoms with E-state index in [1.807, 2.05) is 0 Å². The fraction of sp³-hybridized carbons (Fsp3) is 1.00. The molecule has 0 radical (unpaired) electrons. The van der Waals surface area contributed by atoms with Crippen molar-refractivity contribution in [2.45, 2.75) is 38.1 Å². The highest BCUT2D eigenvalue weighted by Crippen LogP contribution is 2.74. The molecule has 90 valence electrons. The van der Waals surface area contributed by atoms with E-state index >= 15 is 0 Å². The van der Waals surface area contributed by atoms with Crippen LogP contribution in [0, 0.1) is 41.4 Å². The van der Waals surface area contributed by atoms with Gasteiger partial charge in [0.25, 0.3) is 0 Å². The molecule has 0 saturated heterocycles. The molecule has 4 N–H and O–H groups in total. The van der Waals surface area contributed by atoms with Gasteiger partial charge in [0.1, 0.15) is 0 Å². The predicted molar refractivity (Wildman–Crippen MR) is 64.5 cm³/mol. The van der Waals surface area contributed by atoms with E-state index in [0.29, 0.717) is 6.54 Å². The lowest BCUT2D eigenvalue weighted by Gasteiger charge is -2.61. The van der Waals surface area contributed by atoms with Crippen LogP contribution in [0.1, 0.15) is 32.6 Å². The molecule has 0 spiro atoms. The van der Waals surface area contributed by atoms with Crippen LogP contribution in [0.25, 0.3) is 0 Å². The summed E-state index contributed by atoms with van der Waals surface area (Å²) < 4.78 is 0. The zero-order valence-corrected chi connectivity index (χ0v) is 10.2. The standard InChI is InChI=1S/C14H24N2/c1-14(16,6-15)13-10-5-4-9(10)11-7-2-3-8(7)12(11)13/h7-13H,2-6,15-16H2,1H3. The molecule has 4 fully saturated rings. The lowest BCUT2D eigenvalue weighted by molar-refractivity contribution is -0.122. The Bertz CT molecular complexity index is 325. The largest absolute Gasteiger partial charge is 0.329 e. The topological polar surface area (TPSA) is 52.0 Å². The van der Waals surface area contributed by atoms with Gasteiger partial charge in [-0.2, -0.15) is 0 Å². The van der Waals surface area contributed by atoms with Crippen molar-refractivity contribution in [2.24, 2.45) is 52.9 Å². The zero-order chi connectivity index (χ0) is 11.1. The molecule has 0 heterocycles. The van der Waals surface area contributed by atoms with Gasteiger partial charge >= 0.3 is 0 Å². The van der Waals surface area contributed by atoms with Gasteiger partial charge in [-0.1, -0.05) is 0 Å². The molecular formula is C14H24N2. The SMILES string of the molecule is CC(N)(CN)C1C2CCC2C2C3CCC3C21. The van der Waals surface area contributed by atoms with E-state index in [0.717, 1.165) is 41.4 Å². The summed E-state index contributed by atoms with van der Waals surface area (Å²) >= 11 is 0. The Morgan fingerprint density at radius 3 is 1.94 bits per heavy atom.